The monoisotopic (exact) mass is 316 g/mol. The van der Waals surface area contributed by atoms with Gasteiger partial charge in [0.05, 0.1) is 16.9 Å². The average molecular weight is 316 g/mol. The Morgan fingerprint density at radius 2 is 2.00 bits per heavy atom. The number of benzene rings is 1. The Labute approximate surface area is 122 Å². The van der Waals surface area contributed by atoms with Crippen LogP contribution in [-0.4, -0.2) is 32.5 Å². The summed E-state index contributed by atoms with van der Waals surface area (Å²) < 4.78 is 31.1. The van der Waals surface area contributed by atoms with E-state index in [1.54, 1.807) is 13.8 Å². The minimum atomic E-state index is -4.07. The first-order chi connectivity index (χ1) is 9.69. The molecule has 0 aliphatic carbocycles. The molecule has 1 aromatic rings. The summed E-state index contributed by atoms with van der Waals surface area (Å²) in [5, 5.41) is 10.7. The zero-order chi connectivity index (χ0) is 16.2. The summed E-state index contributed by atoms with van der Waals surface area (Å²) in [6.07, 6.45) is 0. The standard InChI is InChI=1S/C12H16N2O6S/c1-8(2)11(12(15)20-3)13-21(18,19)10-6-4-5-9(7-10)14(16)17/h4-8,11,13H,1-3H3/t11-/m1/s1. The van der Waals surface area contributed by atoms with Gasteiger partial charge in [-0.05, 0) is 12.0 Å². The van der Waals surface area contributed by atoms with E-state index in [1.165, 1.54) is 18.2 Å². The van der Waals surface area contributed by atoms with Crippen molar-refractivity contribution in [2.24, 2.45) is 5.92 Å². The van der Waals surface area contributed by atoms with Crippen molar-refractivity contribution in [2.75, 3.05) is 7.11 Å². The zero-order valence-electron chi connectivity index (χ0n) is 11.8. The van der Waals surface area contributed by atoms with Crippen molar-refractivity contribution >= 4 is 21.7 Å². The van der Waals surface area contributed by atoms with Crippen LogP contribution in [0.15, 0.2) is 29.2 Å². The number of ether oxygens (including phenoxy) is 1. The maximum absolute atomic E-state index is 12.2. The van der Waals surface area contributed by atoms with Gasteiger partial charge in [-0.2, -0.15) is 4.72 Å². The number of methoxy groups -OCH3 is 1. The highest BCUT2D eigenvalue weighted by Gasteiger charge is 2.29. The van der Waals surface area contributed by atoms with Crippen LogP contribution in [0.25, 0.3) is 0 Å². The molecular weight excluding hydrogens is 300 g/mol. The molecule has 0 spiro atoms. The first-order valence-corrected chi connectivity index (χ1v) is 7.52. The van der Waals surface area contributed by atoms with Crippen molar-refractivity contribution in [3.8, 4) is 0 Å². The number of nitrogens with zero attached hydrogens (tertiary/aromatic N) is 1. The molecule has 0 amide bonds. The smallest absolute Gasteiger partial charge is 0.324 e. The molecule has 21 heavy (non-hydrogen) atoms. The van der Waals surface area contributed by atoms with Crippen LogP contribution in [0.1, 0.15) is 13.8 Å². The molecule has 0 aromatic heterocycles. The van der Waals surface area contributed by atoms with Crippen LogP contribution in [0, 0.1) is 16.0 Å². The third-order valence-electron chi connectivity index (χ3n) is 2.74. The molecule has 0 fully saturated rings. The van der Waals surface area contributed by atoms with Crippen LogP contribution in [0.5, 0.6) is 0 Å². The van der Waals surface area contributed by atoms with Gasteiger partial charge in [-0.3, -0.25) is 14.9 Å². The second-order valence-corrected chi connectivity index (χ2v) is 6.33. The van der Waals surface area contributed by atoms with Gasteiger partial charge < -0.3 is 4.74 Å². The van der Waals surface area contributed by atoms with E-state index in [0.29, 0.717) is 0 Å². The SMILES string of the molecule is COC(=O)[C@H](NS(=O)(=O)c1cccc([N+](=O)[O-])c1)C(C)C. The molecule has 8 nitrogen and oxygen atoms in total. The number of hydrogen-bond donors (Lipinski definition) is 1. The van der Waals surface area contributed by atoms with E-state index in [1.807, 2.05) is 0 Å². The molecule has 0 radical (unpaired) electrons. The third kappa shape index (κ3) is 4.23. The van der Waals surface area contributed by atoms with Crippen molar-refractivity contribution < 1.29 is 22.9 Å². The van der Waals surface area contributed by atoms with Gasteiger partial charge in [-0.1, -0.05) is 19.9 Å². The van der Waals surface area contributed by atoms with Crippen LogP contribution in [0.3, 0.4) is 0 Å². The second kappa shape index (κ2) is 6.64. The lowest BCUT2D eigenvalue weighted by molar-refractivity contribution is -0.385. The Morgan fingerprint density at radius 1 is 1.38 bits per heavy atom. The molecule has 1 N–H and O–H groups in total. The molecule has 0 saturated carbocycles. The molecule has 1 aromatic carbocycles. The largest absolute Gasteiger partial charge is 0.468 e. The summed E-state index contributed by atoms with van der Waals surface area (Å²) in [4.78, 5) is 21.3. The van der Waals surface area contributed by atoms with Gasteiger partial charge in [0.15, 0.2) is 0 Å². The van der Waals surface area contributed by atoms with Gasteiger partial charge in [0, 0.05) is 12.1 Å². The van der Waals surface area contributed by atoms with Crippen molar-refractivity contribution in [3.05, 3.63) is 34.4 Å². The van der Waals surface area contributed by atoms with Crippen LogP contribution >= 0.6 is 0 Å². The number of rotatable bonds is 6. The molecule has 0 bridgehead atoms. The summed E-state index contributed by atoms with van der Waals surface area (Å²) in [5.74, 6) is -1.06. The van der Waals surface area contributed by atoms with E-state index in [4.69, 9.17) is 0 Å². The molecule has 0 aliphatic rings. The Kier molecular flexibility index (Phi) is 5.39. The van der Waals surface area contributed by atoms with Gasteiger partial charge in [0.25, 0.3) is 5.69 Å². The second-order valence-electron chi connectivity index (χ2n) is 4.62. The summed E-state index contributed by atoms with van der Waals surface area (Å²) in [6.45, 7) is 3.30. The molecule has 0 heterocycles. The molecule has 1 atom stereocenters. The van der Waals surface area contributed by atoms with E-state index in [0.717, 1.165) is 13.2 Å². The minimum absolute atomic E-state index is 0.286. The third-order valence-corrected chi connectivity index (χ3v) is 4.18. The van der Waals surface area contributed by atoms with Crippen molar-refractivity contribution in [1.29, 1.82) is 0 Å². The Bertz CT molecular complexity index is 641. The van der Waals surface area contributed by atoms with E-state index in [2.05, 4.69) is 9.46 Å². The summed E-state index contributed by atoms with van der Waals surface area (Å²) in [5.41, 5.74) is -0.350. The predicted molar refractivity (Wildman–Crippen MR) is 74.1 cm³/mol. The fraction of sp³-hybridized carbons (Fsp3) is 0.417. The van der Waals surface area contributed by atoms with E-state index < -0.39 is 27.0 Å². The topological polar surface area (TPSA) is 116 Å². The quantitative estimate of drug-likeness (QED) is 0.477. The van der Waals surface area contributed by atoms with Gasteiger partial charge >= 0.3 is 5.97 Å². The summed E-state index contributed by atoms with van der Waals surface area (Å²) in [7, 11) is -2.92. The van der Waals surface area contributed by atoms with Crippen LogP contribution in [0.4, 0.5) is 5.69 Å². The fourth-order valence-electron chi connectivity index (χ4n) is 1.58. The highest BCUT2D eigenvalue weighted by atomic mass is 32.2. The van der Waals surface area contributed by atoms with Gasteiger partial charge in [-0.25, -0.2) is 8.42 Å². The van der Waals surface area contributed by atoms with E-state index >= 15 is 0 Å². The number of nitrogens with one attached hydrogen (secondary N) is 1. The number of carbonyl (C=O) groups excluding carboxylic acids is 1. The van der Waals surface area contributed by atoms with Crippen molar-refractivity contribution in [2.45, 2.75) is 24.8 Å². The summed E-state index contributed by atoms with van der Waals surface area (Å²) in [6, 6.07) is 3.51. The number of nitro groups is 1. The van der Waals surface area contributed by atoms with Crippen LogP contribution in [0.2, 0.25) is 0 Å². The number of carbonyl (C=O) groups is 1. The molecular formula is C12H16N2O6S. The van der Waals surface area contributed by atoms with Crippen LogP contribution < -0.4 is 4.72 Å². The highest BCUT2D eigenvalue weighted by molar-refractivity contribution is 7.89. The summed E-state index contributed by atoms with van der Waals surface area (Å²) >= 11 is 0. The molecule has 0 aliphatic heterocycles. The van der Waals surface area contributed by atoms with E-state index in [-0.39, 0.29) is 16.5 Å². The van der Waals surface area contributed by atoms with Gasteiger partial charge in [0.1, 0.15) is 6.04 Å². The molecule has 0 unspecified atom stereocenters. The first-order valence-electron chi connectivity index (χ1n) is 6.03. The number of esters is 1. The van der Waals surface area contributed by atoms with Crippen LogP contribution in [-0.2, 0) is 19.6 Å². The highest BCUT2D eigenvalue weighted by Crippen LogP contribution is 2.18. The predicted octanol–water partition coefficient (Wildman–Crippen LogP) is 1.07. The molecule has 116 valence electrons. The maximum Gasteiger partial charge on any atom is 0.324 e. The van der Waals surface area contributed by atoms with Gasteiger partial charge in [-0.15, -0.1) is 0 Å². The Hall–Kier alpha value is -2.00. The van der Waals surface area contributed by atoms with Gasteiger partial charge in [0.2, 0.25) is 10.0 Å². The zero-order valence-corrected chi connectivity index (χ0v) is 12.6. The van der Waals surface area contributed by atoms with Crippen molar-refractivity contribution in [3.63, 3.8) is 0 Å². The normalized spacial score (nSPS) is 13.0. The van der Waals surface area contributed by atoms with E-state index in [9.17, 15) is 23.3 Å². The lowest BCUT2D eigenvalue weighted by Gasteiger charge is -2.19. The Balaban J connectivity index is 3.13. The minimum Gasteiger partial charge on any atom is -0.468 e. The lowest BCUT2D eigenvalue weighted by Crippen LogP contribution is -2.44. The number of nitro benzene ring substituents is 1. The van der Waals surface area contributed by atoms with Crippen molar-refractivity contribution in [1.82, 2.24) is 4.72 Å². The average Bonchev–Trinajstić information content (AvgIpc) is 2.43. The fourth-order valence-corrected chi connectivity index (χ4v) is 2.96. The number of sulfonamides is 1. The maximum atomic E-state index is 12.2. The molecule has 0 saturated heterocycles. The molecule has 9 heteroatoms. The number of non-ortho nitro benzene ring substituents is 1. The lowest BCUT2D eigenvalue weighted by atomic mass is 10.1. The molecule has 1 rings (SSSR count). The first kappa shape index (κ1) is 17.1. The Morgan fingerprint density at radius 3 is 2.48 bits per heavy atom. The number of hydrogen-bond acceptors (Lipinski definition) is 6.